The average Bonchev–Trinajstić information content (AvgIpc) is 3.27. The molecule has 178 valence electrons. The molecule has 1 aliphatic rings. The van der Waals surface area contributed by atoms with Crippen molar-refractivity contribution in [3.63, 3.8) is 0 Å². The van der Waals surface area contributed by atoms with E-state index in [4.69, 9.17) is 4.74 Å². The molecule has 7 nitrogen and oxygen atoms in total. The molecular weight excluding hydrogens is 430 g/mol. The Balaban J connectivity index is 1.64. The number of Topliss-reactive ketones (excluding diaryl/α,β-unsaturated/α-hetero) is 2. The van der Waals surface area contributed by atoms with Crippen LogP contribution in [0.1, 0.15) is 60.0 Å². The van der Waals surface area contributed by atoms with Crippen molar-refractivity contribution in [1.82, 2.24) is 14.8 Å². The van der Waals surface area contributed by atoms with Crippen molar-refractivity contribution in [2.45, 2.75) is 45.8 Å². The van der Waals surface area contributed by atoms with E-state index in [0.29, 0.717) is 28.8 Å². The number of piperazine rings is 1. The van der Waals surface area contributed by atoms with Crippen LogP contribution in [0.3, 0.4) is 0 Å². The van der Waals surface area contributed by atoms with Crippen LogP contribution in [0.2, 0.25) is 0 Å². The van der Waals surface area contributed by atoms with E-state index in [1.54, 1.807) is 12.1 Å². The zero-order chi connectivity index (χ0) is 24.6. The number of fused-ring (bicyclic) bond motifs is 1. The van der Waals surface area contributed by atoms with Gasteiger partial charge in [-0.05, 0) is 38.5 Å². The monoisotopic (exact) mass is 461 g/mol. The fourth-order valence-corrected chi connectivity index (χ4v) is 5.00. The predicted molar refractivity (Wildman–Crippen MR) is 131 cm³/mol. The standard InChI is InChI=1S/C27H31N3O4/c1-16-15-30(17(2)14-29(16)18(3)20-9-7-6-8-10-20)27(33)21-11-12-23-24(26(21)34-5)22(13-28-23)25(32)19(4)31/h6-13,16-18,28H,14-15H2,1-5H3. The van der Waals surface area contributed by atoms with Gasteiger partial charge in [0.15, 0.2) is 5.78 Å². The molecule has 2 aromatic carbocycles. The van der Waals surface area contributed by atoms with Gasteiger partial charge in [0, 0.05) is 49.9 Å². The first-order valence-corrected chi connectivity index (χ1v) is 11.6. The molecule has 1 aromatic heterocycles. The lowest BCUT2D eigenvalue weighted by atomic mass is 9.99. The lowest BCUT2D eigenvalue weighted by Crippen LogP contribution is -2.58. The maximum Gasteiger partial charge on any atom is 0.257 e. The molecule has 4 rings (SSSR count). The molecule has 2 heterocycles. The first-order valence-electron chi connectivity index (χ1n) is 11.6. The maximum absolute atomic E-state index is 13.7. The number of hydrogen-bond donors (Lipinski definition) is 1. The molecule has 3 atom stereocenters. The minimum atomic E-state index is -0.611. The Kier molecular flexibility index (Phi) is 6.57. The summed E-state index contributed by atoms with van der Waals surface area (Å²) in [6.07, 6.45) is 1.50. The number of methoxy groups -OCH3 is 1. The molecule has 0 bridgehead atoms. The molecule has 3 aromatic rings. The van der Waals surface area contributed by atoms with E-state index in [1.165, 1.54) is 25.8 Å². The molecule has 3 unspecified atom stereocenters. The summed E-state index contributed by atoms with van der Waals surface area (Å²) < 4.78 is 5.64. The van der Waals surface area contributed by atoms with Crippen molar-refractivity contribution < 1.29 is 19.1 Å². The van der Waals surface area contributed by atoms with Crippen LogP contribution in [0.4, 0.5) is 0 Å². The van der Waals surface area contributed by atoms with Gasteiger partial charge in [0.25, 0.3) is 5.91 Å². The highest BCUT2D eigenvalue weighted by Crippen LogP contribution is 2.35. The zero-order valence-corrected chi connectivity index (χ0v) is 20.3. The summed E-state index contributed by atoms with van der Waals surface area (Å²) in [4.78, 5) is 45.2. The molecule has 1 aliphatic heterocycles. The number of carbonyl (C=O) groups is 3. The van der Waals surface area contributed by atoms with Gasteiger partial charge >= 0.3 is 0 Å². The Morgan fingerprint density at radius 1 is 1.00 bits per heavy atom. The van der Waals surface area contributed by atoms with Crippen LogP contribution in [0.5, 0.6) is 5.75 Å². The van der Waals surface area contributed by atoms with E-state index in [-0.39, 0.29) is 29.6 Å². The van der Waals surface area contributed by atoms with Crippen molar-refractivity contribution in [2.24, 2.45) is 0 Å². The largest absolute Gasteiger partial charge is 0.495 e. The van der Waals surface area contributed by atoms with Crippen LogP contribution in [-0.4, -0.2) is 64.5 Å². The number of ketones is 2. The number of H-pyrrole nitrogens is 1. The van der Waals surface area contributed by atoms with Gasteiger partial charge in [-0.1, -0.05) is 30.3 Å². The summed E-state index contributed by atoms with van der Waals surface area (Å²) in [7, 11) is 1.48. The minimum absolute atomic E-state index is 0.0141. The van der Waals surface area contributed by atoms with Crippen LogP contribution < -0.4 is 4.74 Å². The number of benzene rings is 2. The molecule has 1 saturated heterocycles. The van der Waals surface area contributed by atoms with E-state index in [0.717, 1.165) is 6.54 Å². The molecule has 1 N–H and O–H groups in total. The van der Waals surface area contributed by atoms with Crippen molar-refractivity contribution in [3.8, 4) is 5.75 Å². The zero-order valence-electron chi connectivity index (χ0n) is 20.3. The van der Waals surface area contributed by atoms with Gasteiger partial charge in [-0.25, -0.2) is 0 Å². The molecule has 1 amide bonds. The van der Waals surface area contributed by atoms with Crippen molar-refractivity contribution in [1.29, 1.82) is 0 Å². The molecular formula is C27H31N3O4. The number of hydrogen-bond acceptors (Lipinski definition) is 5. The van der Waals surface area contributed by atoms with Gasteiger partial charge in [-0.15, -0.1) is 0 Å². The normalized spacial score (nSPS) is 19.7. The molecule has 0 radical (unpaired) electrons. The predicted octanol–water partition coefficient (Wildman–Crippen LogP) is 4.24. The van der Waals surface area contributed by atoms with E-state index < -0.39 is 11.6 Å². The van der Waals surface area contributed by atoms with Crippen molar-refractivity contribution in [2.75, 3.05) is 20.2 Å². The van der Waals surface area contributed by atoms with Gasteiger partial charge in [0.2, 0.25) is 5.78 Å². The van der Waals surface area contributed by atoms with Crippen LogP contribution in [0, 0.1) is 0 Å². The lowest BCUT2D eigenvalue weighted by Gasteiger charge is -2.46. The Bertz CT molecular complexity index is 1230. The number of aromatic amines is 1. The van der Waals surface area contributed by atoms with Crippen LogP contribution in [0.25, 0.3) is 10.9 Å². The highest BCUT2D eigenvalue weighted by Gasteiger charge is 2.36. The fraction of sp³-hybridized carbons (Fsp3) is 0.370. The number of ether oxygens (including phenoxy) is 1. The molecule has 0 aliphatic carbocycles. The van der Waals surface area contributed by atoms with Gasteiger partial charge in [0.1, 0.15) is 5.75 Å². The number of amides is 1. The first-order chi connectivity index (χ1) is 16.2. The van der Waals surface area contributed by atoms with E-state index in [1.807, 2.05) is 23.1 Å². The van der Waals surface area contributed by atoms with E-state index >= 15 is 0 Å². The van der Waals surface area contributed by atoms with E-state index in [9.17, 15) is 14.4 Å². The Morgan fingerprint density at radius 2 is 1.71 bits per heavy atom. The third-order valence-corrected chi connectivity index (χ3v) is 6.87. The summed E-state index contributed by atoms with van der Waals surface area (Å²) in [5.41, 5.74) is 2.50. The Hall–Kier alpha value is -3.45. The summed E-state index contributed by atoms with van der Waals surface area (Å²) in [5, 5.41) is 0.464. The smallest absolute Gasteiger partial charge is 0.257 e. The fourth-order valence-electron chi connectivity index (χ4n) is 5.00. The third-order valence-electron chi connectivity index (χ3n) is 6.87. The third kappa shape index (κ3) is 4.12. The number of carbonyl (C=O) groups excluding carboxylic acids is 3. The highest BCUT2D eigenvalue weighted by molar-refractivity contribution is 6.45. The molecule has 0 saturated carbocycles. The molecule has 7 heteroatoms. The van der Waals surface area contributed by atoms with Gasteiger partial charge in [-0.3, -0.25) is 19.3 Å². The minimum Gasteiger partial charge on any atom is -0.495 e. The second-order valence-electron chi connectivity index (χ2n) is 9.10. The van der Waals surface area contributed by atoms with Crippen LogP contribution in [0.15, 0.2) is 48.7 Å². The molecule has 1 fully saturated rings. The molecule has 34 heavy (non-hydrogen) atoms. The Morgan fingerprint density at radius 3 is 2.35 bits per heavy atom. The number of nitrogens with one attached hydrogen (secondary N) is 1. The van der Waals surface area contributed by atoms with E-state index in [2.05, 4.69) is 42.8 Å². The first kappa shape index (κ1) is 23.7. The highest BCUT2D eigenvalue weighted by atomic mass is 16.5. The molecule has 0 spiro atoms. The van der Waals surface area contributed by atoms with Crippen molar-refractivity contribution >= 4 is 28.4 Å². The number of aromatic nitrogens is 1. The maximum atomic E-state index is 13.7. The van der Waals surface area contributed by atoms with Gasteiger partial charge in [-0.2, -0.15) is 0 Å². The second-order valence-corrected chi connectivity index (χ2v) is 9.10. The SMILES string of the molecule is COc1c(C(=O)N2CC(C)N(C(C)c3ccccc3)CC2C)ccc2[nH]cc(C(=O)C(C)=O)c12. The summed E-state index contributed by atoms with van der Waals surface area (Å²) in [6.45, 7) is 8.95. The average molecular weight is 462 g/mol. The Labute approximate surface area is 199 Å². The summed E-state index contributed by atoms with van der Waals surface area (Å²) in [5.74, 6) is -1.01. The van der Waals surface area contributed by atoms with Gasteiger partial charge in [0.05, 0.1) is 23.6 Å². The van der Waals surface area contributed by atoms with Crippen molar-refractivity contribution in [3.05, 3.63) is 65.4 Å². The number of nitrogens with zero attached hydrogens (tertiary/aromatic N) is 2. The number of rotatable bonds is 6. The lowest BCUT2D eigenvalue weighted by molar-refractivity contribution is -0.113. The quantitative estimate of drug-likeness (QED) is 0.438. The van der Waals surface area contributed by atoms with Gasteiger partial charge < -0.3 is 14.6 Å². The summed E-state index contributed by atoms with van der Waals surface area (Å²) >= 11 is 0. The van der Waals surface area contributed by atoms with Crippen LogP contribution in [-0.2, 0) is 4.79 Å². The summed E-state index contributed by atoms with van der Waals surface area (Å²) in [6, 6.07) is 14.2. The van der Waals surface area contributed by atoms with Crippen LogP contribution >= 0.6 is 0 Å². The second kappa shape index (κ2) is 9.43. The topological polar surface area (TPSA) is 82.7 Å².